The van der Waals surface area contributed by atoms with Crippen molar-refractivity contribution in [1.29, 1.82) is 0 Å². The summed E-state index contributed by atoms with van der Waals surface area (Å²) in [5, 5.41) is 6.24. The predicted octanol–water partition coefficient (Wildman–Crippen LogP) is 3.23. The number of thioether (sulfide) groups is 1. The van der Waals surface area contributed by atoms with Gasteiger partial charge in [0.05, 0.1) is 4.21 Å². The molecular formula is C10H17NS2. The van der Waals surface area contributed by atoms with Gasteiger partial charge >= 0.3 is 0 Å². The van der Waals surface area contributed by atoms with Crippen LogP contribution in [0.5, 0.6) is 0 Å². The third-order valence-electron chi connectivity index (χ3n) is 1.67. The van der Waals surface area contributed by atoms with Crippen molar-refractivity contribution in [2.75, 3.05) is 13.1 Å². The molecule has 0 aliphatic carbocycles. The summed E-state index contributed by atoms with van der Waals surface area (Å²) in [4.78, 5) is 0. The van der Waals surface area contributed by atoms with E-state index in [0.29, 0.717) is 5.25 Å². The minimum absolute atomic E-state index is 0.671. The summed E-state index contributed by atoms with van der Waals surface area (Å²) in [7, 11) is 0. The van der Waals surface area contributed by atoms with E-state index in [2.05, 4.69) is 36.7 Å². The van der Waals surface area contributed by atoms with Crippen LogP contribution in [0.15, 0.2) is 21.7 Å². The first-order chi connectivity index (χ1) is 6.33. The van der Waals surface area contributed by atoms with Gasteiger partial charge in [0.2, 0.25) is 0 Å². The van der Waals surface area contributed by atoms with Gasteiger partial charge in [-0.2, -0.15) is 0 Å². The molecular weight excluding hydrogens is 198 g/mol. The van der Waals surface area contributed by atoms with Crippen LogP contribution in [0.1, 0.15) is 20.3 Å². The van der Waals surface area contributed by atoms with Gasteiger partial charge in [-0.1, -0.05) is 19.9 Å². The molecule has 1 nitrogen and oxygen atoms in total. The van der Waals surface area contributed by atoms with Crippen molar-refractivity contribution in [1.82, 2.24) is 5.32 Å². The van der Waals surface area contributed by atoms with E-state index < -0.39 is 0 Å². The minimum Gasteiger partial charge on any atom is -0.316 e. The Hall–Kier alpha value is 0.01000. The number of rotatable bonds is 6. The summed E-state index contributed by atoms with van der Waals surface area (Å²) in [5.41, 5.74) is 0. The molecule has 1 unspecified atom stereocenters. The highest BCUT2D eigenvalue weighted by Gasteiger charge is 2.03. The molecule has 13 heavy (non-hydrogen) atoms. The van der Waals surface area contributed by atoms with Crippen LogP contribution < -0.4 is 5.32 Å². The number of thiophene rings is 1. The van der Waals surface area contributed by atoms with E-state index in [0.717, 1.165) is 13.1 Å². The summed E-state index contributed by atoms with van der Waals surface area (Å²) in [6, 6.07) is 4.30. The zero-order chi connectivity index (χ0) is 9.52. The first-order valence-corrected chi connectivity index (χ1v) is 6.49. The van der Waals surface area contributed by atoms with Gasteiger partial charge in [0.25, 0.3) is 0 Å². The maximum atomic E-state index is 3.43. The lowest BCUT2D eigenvalue weighted by Crippen LogP contribution is -2.23. The van der Waals surface area contributed by atoms with E-state index in [1.165, 1.54) is 10.6 Å². The Bertz CT molecular complexity index is 209. The van der Waals surface area contributed by atoms with E-state index in [1.807, 2.05) is 23.1 Å². The van der Waals surface area contributed by atoms with E-state index in [4.69, 9.17) is 0 Å². The van der Waals surface area contributed by atoms with Gasteiger partial charge in [-0.15, -0.1) is 23.1 Å². The molecule has 1 aromatic rings. The van der Waals surface area contributed by atoms with Crippen LogP contribution in [0.3, 0.4) is 0 Å². The Labute approximate surface area is 88.9 Å². The van der Waals surface area contributed by atoms with Crippen LogP contribution in [0.25, 0.3) is 0 Å². The summed E-state index contributed by atoms with van der Waals surface area (Å²) in [6.07, 6.45) is 1.22. The molecule has 1 atom stereocenters. The molecule has 0 fully saturated rings. The molecule has 0 aliphatic rings. The van der Waals surface area contributed by atoms with Gasteiger partial charge in [0, 0.05) is 11.8 Å². The van der Waals surface area contributed by atoms with Crippen LogP contribution in [-0.4, -0.2) is 18.3 Å². The molecule has 0 amide bonds. The topological polar surface area (TPSA) is 12.0 Å². The fourth-order valence-electron chi connectivity index (χ4n) is 1.05. The molecule has 0 bridgehead atoms. The van der Waals surface area contributed by atoms with Crippen molar-refractivity contribution in [3.8, 4) is 0 Å². The normalized spacial score (nSPS) is 13.1. The van der Waals surface area contributed by atoms with E-state index in [9.17, 15) is 0 Å². The van der Waals surface area contributed by atoms with Crippen molar-refractivity contribution in [2.24, 2.45) is 0 Å². The molecule has 74 valence electrons. The minimum atomic E-state index is 0.671. The second kappa shape index (κ2) is 6.46. The Balaban J connectivity index is 2.14. The molecule has 3 heteroatoms. The highest BCUT2D eigenvalue weighted by atomic mass is 32.2. The smallest absolute Gasteiger partial charge is 0.0601 e. The zero-order valence-electron chi connectivity index (χ0n) is 8.25. The second-order valence-corrected chi connectivity index (χ2v) is 5.75. The zero-order valence-corrected chi connectivity index (χ0v) is 9.88. The lowest BCUT2D eigenvalue weighted by molar-refractivity contribution is 0.669. The largest absolute Gasteiger partial charge is 0.316 e. The summed E-state index contributed by atoms with van der Waals surface area (Å²) >= 11 is 3.78. The molecule has 1 aromatic heterocycles. The molecule has 0 saturated heterocycles. The van der Waals surface area contributed by atoms with Crippen molar-refractivity contribution in [3.05, 3.63) is 17.5 Å². The van der Waals surface area contributed by atoms with Gasteiger partial charge in [-0.25, -0.2) is 0 Å². The summed E-state index contributed by atoms with van der Waals surface area (Å²) < 4.78 is 1.42. The van der Waals surface area contributed by atoms with E-state index >= 15 is 0 Å². The van der Waals surface area contributed by atoms with E-state index in [-0.39, 0.29) is 0 Å². The van der Waals surface area contributed by atoms with E-state index in [1.54, 1.807) is 0 Å². The fourth-order valence-corrected chi connectivity index (χ4v) is 3.14. The maximum absolute atomic E-state index is 3.43. The van der Waals surface area contributed by atoms with Crippen LogP contribution in [0, 0.1) is 0 Å². The van der Waals surface area contributed by atoms with Gasteiger partial charge in [-0.05, 0) is 24.4 Å². The van der Waals surface area contributed by atoms with Gasteiger partial charge < -0.3 is 5.32 Å². The van der Waals surface area contributed by atoms with Crippen LogP contribution in [-0.2, 0) is 0 Å². The molecule has 0 radical (unpaired) electrons. The first kappa shape index (κ1) is 11.1. The van der Waals surface area contributed by atoms with Crippen molar-refractivity contribution < 1.29 is 0 Å². The first-order valence-electron chi connectivity index (χ1n) is 4.73. The Morgan fingerprint density at radius 2 is 2.46 bits per heavy atom. The van der Waals surface area contributed by atoms with Crippen molar-refractivity contribution in [2.45, 2.75) is 29.7 Å². The second-order valence-electron chi connectivity index (χ2n) is 3.06. The van der Waals surface area contributed by atoms with Crippen molar-refractivity contribution >= 4 is 23.1 Å². The molecule has 1 rings (SSSR count). The summed E-state index contributed by atoms with van der Waals surface area (Å²) in [5.74, 6) is 0. The summed E-state index contributed by atoms with van der Waals surface area (Å²) in [6.45, 7) is 6.71. The molecule has 1 heterocycles. The Morgan fingerprint density at radius 3 is 3.08 bits per heavy atom. The number of hydrogen-bond donors (Lipinski definition) is 1. The third-order valence-corrected chi connectivity index (χ3v) is 3.85. The molecule has 0 aromatic carbocycles. The average molecular weight is 215 g/mol. The number of hydrogen-bond acceptors (Lipinski definition) is 3. The monoisotopic (exact) mass is 215 g/mol. The van der Waals surface area contributed by atoms with Gasteiger partial charge in [-0.3, -0.25) is 0 Å². The SMILES string of the molecule is CCCNCC(C)Sc1cccs1. The van der Waals surface area contributed by atoms with Crippen molar-refractivity contribution in [3.63, 3.8) is 0 Å². The highest BCUT2D eigenvalue weighted by molar-refractivity contribution is 8.01. The maximum Gasteiger partial charge on any atom is 0.0601 e. The Kier molecular flexibility index (Phi) is 5.51. The highest BCUT2D eigenvalue weighted by Crippen LogP contribution is 2.26. The van der Waals surface area contributed by atoms with Crippen LogP contribution in [0.4, 0.5) is 0 Å². The van der Waals surface area contributed by atoms with Gasteiger partial charge in [0.1, 0.15) is 0 Å². The lowest BCUT2D eigenvalue weighted by atomic mass is 10.4. The van der Waals surface area contributed by atoms with Crippen LogP contribution >= 0.6 is 23.1 Å². The fraction of sp³-hybridized carbons (Fsp3) is 0.600. The third kappa shape index (κ3) is 4.69. The Morgan fingerprint density at radius 1 is 1.62 bits per heavy atom. The molecule has 0 aliphatic heterocycles. The number of nitrogens with one attached hydrogen (secondary N) is 1. The molecule has 0 saturated carbocycles. The molecule has 1 N–H and O–H groups in total. The van der Waals surface area contributed by atoms with Gasteiger partial charge in [0.15, 0.2) is 0 Å². The average Bonchev–Trinajstić information content (AvgIpc) is 2.57. The quantitative estimate of drug-likeness (QED) is 0.577. The standard InChI is InChI=1S/C10H17NS2/c1-3-6-11-8-9(2)13-10-5-4-7-12-10/h4-5,7,9,11H,3,6,8H2,1-2H3. The van der Waals surface area contributed by atoms with Crippen LogP contribution in [0.2, 0.25) is 0 Å². The predicted molar refractivity (Wildman–Crippen MR) is 62.8 cm³/mol. The lowest BCUT2D eigenvalue weighted by Gasteiger charge is -2.10. The molecule has 0 spiro atoms.